The maximum Gasteiger partial charge on any atom is 0.227 e. The predicted octanol–water partition coefficient (Wildman–Crippen LogP) is 2.50. The summed E-state index contributed by atoms with van der Waals surface area (Å²) in [7, 11) is 0. The van der Waals surface area contributed by atoms with Gasteiger partial charge in [0.25, 0.3) is 0 Å². The Bertz CT molecular complexity index is 730. The van der Waals surface area contributed by atoms with E-state index in [-0.39, 0.29) is 11.8 Å². The van der Waals surface area contributed by atoms with Gasteiger partial charge in [0.2, 0.25) is 11.9 Å². The van der Waals surface area contributed by atoms with E-state index in [9.17, 15) is 4.79 Å². The first-order valence-corrected chi connectivity index (χ1v) is 8.84. The minimum absolute atomic E-state index is 0.169. The van der Waals surface area contributed by atoms with Crippen molar-refractivity contribution in [2.75, 3.05) is 35.2 Å². The fourth-order valence-corrected chi connectivity index (χ4v) is 3.39. The third-order valence-corrected chi connectivity index (χ3v) is 4.64. The Hall–Kier alpha value is -2.63. The molecule has 0 spiro atoms. The fourth-order valence-electron chi connectivity index (χ4n) is 3.39. The second-order valence-electron chi connectivity index (χ2n) is 6.36. The molecule has 3 rings (SSSR count). The lowest BCUT2D eigenvalue weighted by Gasteiger charge is -2.21. The second kappa shape index (κ2) is 7.51. The monoisotopic (exact) mass is 339 g/mol. The minimum Gasteiger partial charge on any atom is -0.368 e. The molecular formula is C19H25N5O. The number of benzene rings is 1. The van der Waals surface area contributed by atoms with Gasteiger partial charge in [-0.15, -0.1) is 0 Å². The summed E-state index contributed by atoms with van der Waals surface area (Å²) in [6, 6.07) is 11.8. The summed E-state index contributed by atoms with van der Waals surface area (Å²) in [6.07, 6.45) is 1.27. The van der Waals surface area contributed by atoms with Crippen LogP contribution in [0.2, 0.25) is 0 Å². The summed E-state index contributed by atoms with van der Waals surface area (Å²) < 4.78 is 0. The summed E-state index contributed by atoms with van der Waals surface area (Å²) in [5.74, 6) is 1.56. The molecule has 1 aliphatic heterocycles. The first kappa shape index (κ1) is 17.2. The summed E-state index contributed by atoms with van der Waals surface area (Å²) in [5.41, 5.74) is 7.76. The van der Waals surface area contributed by atoms with Crippen LogP contribution in [0, 0.1) is 5.92 Å². The molecule has 6 nitrogen and oxygen atoms in total. The second-order valence-corrected chi connectivity index (χ2v) is 6.36. The molecule has 1 atom stereocenters. The van der Waals surface area contributed by atoms with Crippen molar-refractivity contribution >= 4 is 23.4 Å². The molecule has 1 aromatic heterocycles. The van der Waals surface area contributed by atoms with Crippen LogP contribution in [0.25, 0.3) is 0 Å². The number of rotatable bonds is 6. The largest absolute Gasteiger partial charge is 0.368 e. The van der Waals surface area contributed by atoms with Crippen LogP contribution in [0.5, 0.6) is 0 Å². The molecule has 1 aromatic carbocycles. The van der Waals surface area contributed by atoms with Crippen LogP contribution >= 0.6 is 0 Å². The number of nitrogen functional groups attached to an aromatic ring is 1. The van der Waals surface area contributed by atoms with Gasteiger partial charge in [0.1, 0.15) is 5.82 Å². The van der Waals surface area contributed by atoms with E-state index in [0.717, 1.165) is 36.7 Å². The molecule has 6 heteroatoms. The first-order chi connectivity index (χ1) is 12.1. The van der Waals surface area contributed by atoms with Gasteiger partial charge in [0.15, 0.2) is 0 Å². The molecule has 132 valence electrons. The standard InChI is InChI=1S/C19H25N5O/c1-3-23(4-2)17-12-15(21-19(20)22-17)10-14-11-18(25)24(13-14)16-8-6-5-7-9-16/h5-9,12,14H,3-4,10-11,13H2,1-2H3,(H2,20,21,22). The van der Waals surface area contributed by atoms with Crippen LogP contribution < -0.4 is 15.5 Å². The summed E-state index contributed by atoms with van der Waals surface area (Å²) in [4.78, 5) is 25.1. The van der Waals surface area contributed by atoms with Gasteiger partial charge in [-0.1, -0.05) is 18.2 Å². The zero-order chi connectivity index (χ0) is 17.8. The molecular weight excluding hydrogens is 314 g/mol. The Morgan fingerprint density at radius 3 is 2.60 bits per heavy atom. The molecule has 1 saturated heterocycles. The number of hydrogen-bond acceptors (Lipinski definition) is 5. The molecule has 2 N–H and O–H groups in total. The molecule has 0 radical (unpaired) electrons. The number of nitrogens with two attached hydrogens (primary N) is 1. The average molecular weight is 339 g/mol. The predicted molar refractivity (Wildman–Crippen MR) is 101 cm³/mol. The number of amides is 1. The number of para-hydroxylation sites is 1. The summed E-state index contributed by atoms with van der Waals surface area (Å²) in [6.45, 7) is 6.64. The number of aromatic nitrogens is 2. The molecule has 1 fully saturated rings. The fraction of sp³-hybridized carbons (Fsp3) is 0.421. The molecule has 0 saturated carbocycles. The quantitative estimate of drug-likeness (QED) is 0.875. The van der Waals surface area contributed by atoms with Gasteiger partial charge in [0.05, 0.1) is 0 Å². The number of anilines is 3. The normalized spacial score (nSPS) is 17.1. The summed E-state index contributed by atoms with van der Waals surface area (Å²) >= 11 is 0. The van der Waals surface area contributed by atoms with Gasteiger partial charge in [0, 0.05) is 43.5 Å². The van der Waals surface area contributed by atoms with Crippen molar-refractivity contribution in [3.8, 4) is 0 Å². The topological polar surface area (TPSA) is 75.4 Å². The highest BCUT2D eigenvalue weighted by Crippen LogP contribution is 2.27. The van der Waals surface area contributed by atoms with E-state index >= 15 is 0 Å². The SMILES string of the molecule is CCN(CC)c1cc(CC2CC(=O)N(c3ccccc3)C2)nc(N)n1. The Balaban J connectivity index is 1.74. The Kier molecular flexibility index (Phi) is 5.16. The van der Waals surface area contributed by atoms with Gasteiger partial charge in [-0.2, -0.15) is 4.98 Å². The molecule has 0 aliphatic carbocycles. The lowest BCUT2D eigenvalue weighted by Crippen LogP contribution is -2.25. The number of carbonyl (C=O) groups excluding carboxylic acids is 1. The van der Waals surface area contributed by atoms with Crippen molar-refractivity contribution in [1.82, 2.24) is 9.97 Å². The van der Waals surface area contributed by atoms with E-state index in [1.54, 1.807) is 0 Å². The van der Waals surface area contributed by atoms with Crippen LogP contribution in [0.4, 0.5) is 17.5 Å². The van der Waals surface area contributed by atoms with E-state index in [4.69, 9.17) is 5.73 Å². The lowest BCUT2D eigenvalue weighted by molar-refractivity contribution is -0.117. The van der Waals surface area contributed by atoms with Crippen molar-refractivity contribution in [1.29, 1.82) is 0 Å². The van der Waals surface area contributed by atoms with Crippen LogP contribution in [0.1, 0.15) is 26.0 Å². The molecule has 2 heterocycles. The van der Waals surface area contributed by atoms with Crippen LogP contribution in [-0.4, -0.2) is 35.5 Å². The van der Waals surface area contributed by atoms with Gasteiger partial charge in [-0.25, -0.2) is 4.98 Å². The van der Waals surface area contributed by atoms with Crippen molar-refractivity contribution in [2.24, 2.45) is 5.92 Å². The molecule has 25 heavy (non-hydrogen) atoms. The smallest absolute Gasteiger partial charge is 0.227 e. The highest BCUT2D eigenvalue weighted by atomic mass is 16.2. The zero-order valence-corrected chi connectivity index (χ0v) is 14.9. The third kappa shape index (κ3) is 3.90. The van der Waals surface area contributed by atoms with Crippen molar-refractivity contribution in [3.05, 3.63) is 42.1 Å². The number of carbonyl (C=O) groups is 1. The molecule has 1 amide bonds. The van der Waals surface area contributed by atoms with Crippen LogP contribution in [0.15, 0.2) is 36.4 Å². The first-order valence-electron chi connectivity index (χ1n) is 8.84. The molecule has 0 bridgehead atoms. The van der Waals surface area contributed by atoms with Crippen molar-refractivity contribution < 1.29 is 4.79 Å². The zero-order valence-electron chi connectivity index (χ0n) is 14.9. The van der Waals surface area contributed by atoms with Gasteiger partial charge >= 0.3 is 0 Å². The number of nitrogens with zero attached hydrogens (tertiary/aromatic N) is 4. The maximum absolute atomic E-state index is 12.4. The van der Waals surface area contributed by atoms with E-state index < -0.39 is 0 Å². The average Bonchev–Trinajstić information content (AvgIpc) is 2.96. The molecule has 2 aromatic rings. The third-order valence-electron chi connectivity index (χ3n) is 4.64. The van der Waals surface area contributed by atoms with E-state index in [1.807, 2.05) is 41.3 Å². The van der Waals surface area contributed by atoms with Gasteiger partial charge in [-0.3, -0.25) is 4.79 Å². The molecule has 1 unspecified atom stereocenters. The number of hydrogen-bond donors (Lipinski definition) is 1. The highest BCUT2D eigenvalue weighted by molar-refractivity contribution is 5.95. The Morgan fingerprint density at radius 2 is 1.92 bits per heavy atom. The highest BCUT2D eigenvalue weighted by Gasteiger charge is 2.31. The maximum atomic E-state index is 12.4. The van der Waals surface area contributed by atoms with Crippen molar-refractivity contribution in [2.45, 2.75) is 26.7 Å². The van der Waals surface area contributed by atoms with E-state index in [1.165, 1.54) is 0 Å². The van der Waals surface area contributed by atoms with Crippen molar-refractivity contribution in [3.63, 3.8) is 0 Å². The Morgan fingerprint density at radius 1 is 1.20 bits per heavy atom. The minimum atomic E-state index is 0.169. The van der Waals surface area contributed by atoms with E-state index in [2.05, 4.69) is 28.7 Å². The lowest BCUT2D eigenvalue weighted by atomic mass is 10.0. The van der Waals surface area contributed by atoms with Gasteiger partial charge < -0.3 is 15.5 Å². The van der Waals surface area contributed by atoms with E-state index in [0.29, 0.717) is 18.9 Å². The van der Waals surface area contributed by atoms with Crippen LogP contribution in [-0.2, 0) is 11.2 Å². The van der Waals surface area contributed by atoms with Gasteiger partial charge in [-0.05, 0) is 38.3 Å². The Labute approximate surface area is 148 Å². The molecule has 1 aliphatic rings. The summed E-state index contributed by atoms with van der Waals surface area (Å²) in [5, 5.41) is 0. The van der Waals surface area contributed by atoms with Crippen LogP contribution in [0.3, 0.4) is 0 Å².